The van der Waals surface area contributed by atoms with Crippen LogP contribution in [0.1, 0.15) is 31.9 Å². The normalized spacial score (nSPS) is 20.8. The predicted molar refractivity (Wildman–Crippen MR) is 90.7 cm³/mol. The molecule has 1 aliphatic heterocycles. The van der Waals surface area contributed by atoms with Crippen LogP contribution in [0.15, 0.2) is 30.3 Å². The first kappa shape index (κ1) is 18.9. The second-order valence-corrected chi connectivity index (χ2v) is 6.59. The molecule has 1 aromatic carbocycles. The van der Waals surface area contributed by atoms with Gasteiger partial charge in [0.05, 0.1) is 18.6 Å². The number of aliphatic carboxylic acids is 1. The molecule has 0 aromatic heterocycles. The molecule has 3 atom stereocenters. The Bertz CT molecular complexity index is 648. The number of likely N-dealkylation sites (tertiary alicyclic amines) is 1. The lowest BCUT2D eigenvalue weighted by molar-refractivity contribution is -0.149. The summed E-state index contributed by atoms with van der Waals surface area (Å²) in [4.78, 5) is 37.9. The largest absolute Gasteiger partial charge is 0.479 e. The van der Waals surface area contributed by atoms with Crippen molar-refractivity contribution in [3.8, 4) is 0 Å². The minimum Gasteiger partial charge on any atom is -0.479 e. The number of carbonyl (C=O) groups is 3. The average molecular weight is 348 g/mol. The van der Waals surface area contributed by atoms with Crippen molar-refractivity contribution in [2.24, 2.45) is 5.92 Å². The minimum absolute atomic E-state index is 0.0751. The van der Waals surface area contributed by atoms with Crippen LogP contribution >= 0.6 is 0 Å². The van der Waals surface area contributed by atoms with Crippen molar-refractivity contribution in [2.45, 2.75) is 31.8 Å². The minimum atomic E-state index is -1.52. The van der Waals surface area contributed by atoms with Crippen LogP contribution in [0.2, 0.25) is 0 Å². The number of carboxylic acid groups (broad SMARTS) is 1. The number of benzene rings is 1. The first-order valence-corrected chi connectivity index (χ1v) is 8.17. The summed E-state index contributed by atoms with van der Waals surface area (Å²) >= 11 is 0. The van der Waals surface area contributed by atoms with Gasteiger partial charge in [0.2, 0.25) is 11.8 Å². The molecule has 7 nitrogen and oxygen atoms in total. The van der Waals surface area contributed by atoms with Gasteiger partial charge in [-0.1, -0.05) is 30.3 Å². The zero-order valence-corrected chi connectivity index (χ0v) is 14.7. The van der Waals surface area contributed by atoms with E-state index in [0.717, 1.165) is 5.56 Å². The second kappa shape index (κ2) is 7.65. The van der Waals surface area contributed by atoms with E-state index in [0.29, 0.717) is 0 Å². The van der Waals surface area contributed by atoms with Gasteiger partial charge < -0.3 is 20.1 Å². The predicted octanol–water partition coefficient (Wildman–Crippen LogP) is 1.20. The third-order valence-corrected chi connectivity index (χ3v) is 4.58. The third kappa shape index (κ3) is 4.17. The molecular weight excluding hydrogens is 324 g/mol. The SMILES string of the molecule is COCC(C)(NC(=O)C1CC(=O)N(C(C)c2ccccc2)C1)C(=O)O. The van der Waals surface area contributed by atoms with Crippen LogP contribution in [0.25, 0.3) is 0 Å². The van der Waals surface area contributed by atoms with Gasteiger partial charge in [0.25, 0.3) is 0 Å². The van der Waals surface area contributed by atoms with Crippen molar-refractivity contribution in [1.29, 1.82) is 0 Å². The number of nitrogens with zero attached hydrogens (tertiary/aromatic N) is 1. The van der Waals surface area contributed by atoms with Crippen LogP contribution in [-0.4, -0.2) is 53.6 Å². The van der Waals surface area contributed by atoms with Crippen molar-refractivity contribution >= 4 is 17.8 Å². The average Bonchev–Trinajstić information content (AvgIpc) is 2.97. The topological polar surface area (TPSA) is 95.9 Å². The van der Waals surface area contributed by atoms with Crippen molar-refractivity contribution in [3.63, 3.8) is 0 Å². The molecule has 0 aliphatic carbocycles. The molecule has 1 heterocycles. The zero-order chi connectivity index (χ0) is 18.6. The van der Waals surface area contributed by atoms with Crippen LogP contribution in [-0.2, 0) is 19.1 Å². The number of hydrogen-bond donors (Lipinski definition) is 2. The molecule has 1 saturated heterocycles. The van der Waals surface area contributed by atoms with Crippen molar-refractivity contribution < 1.29 is 24.2 Å². The monoisotopic (exact) mass is 348 g/mol. The Balaban J connectivity index is 2.06. The molecule has 7 heteroatoms. The fourth-order valence-corrected chi connectivity index (χ4v) is 3.01. The lowest BCUT2D eigenvalue weighted by Gasteiger charge is -2.28. The van der Waals surface area contributed by atoms with Gasteiger partial charge in [0.1, 0.15) is 0 Å². The van der Waals surface area contributed by atoms with E-state index < -0.39 is 23.3 Å². The van der Waals surface area contributed by atoms with Crippen LogP contribution < -0.4 is 5.32 Å². The molecule has 1 aromatic rings. The lowest BCUT2D eigenvalue weighted by atomic mass is 10.0. The Morgan fingerprint density at radius 1 is 1.40 bits per heavy atom. The molecule has 25 heavy (non-hydrogen) atoms. The van der Waals surface area contributed by atoms with Crippen molar-refractivity contribution in [1.82, 2.24) is 10.2 Å². The van der Waals surface area contributed by atoms with Crippen LogP contribution in [0.4, 0.5) is 0 Å². The number of nitrogens with one attached hydrogen (secondary N) is 1. The Kier molecular flexibility index (Phi) is 5.79. The van der Waals surface area contributed by atoms with Crippen LogP contribution in [0, 0.1) is 5.92 Å². The smallest absolute Gasteiger partial charge is 0.331 e. The summed E-state index contributed by atoms with van der Waals surface area (Å²) < 4.78 is 4.90. The summed E-state index contributed by atoms with van der Waals surface area (Å²) in [6.07, 6.45) is 0.0751. The van der Waals surface area contributed by atoms with E-state index >= 15 is 0 Å². The molecule has 0 bridgehead atoms. The number of methoxy groups -OCH3 is 1. The Labute approximate surface area is 147 Å². The molecule has 2 amide bonds. The second-order valence-electron chi connectivity index (χ2n) is 6.59. The highest BCUT2D eigenvalue weighted by atomic mass is 16.5. The molecule has 0 radical (unpaired) electrons. The molecule has 0 saturated carbocycles. The van der Waals surface area contributed by atoms with Gasteiger partial charge in [0, 0.05) is 20.1 Å². The Morgan fingerprint density at radius 2 is 2.04 bits per heavy atom. The zero-order valence-electron chi connectivity index (χ0n) is 14.7. The fourth-order valence-electron chi connectivity index (χ4n) is 3.01. The van der Waals surface area contributed by atoms with Gasteiger partial charge in [-0.15, -0.1) is 0 Å². The Morgan fingerprint density at radius 3 is 2.60 bits per heavy atom. The van der Waals surface area contributed by atoms with E-state index in [1.165, 1.54) is 14.0 Å². The van der Waals surface area contributed by atoms with E-state index in [2.05, 4.69) is 5.32 Å². The summed E-state index contributed by atoms with van der Waals surface area (Å²) in [5.74, 6) is -2.31. The Hall–Kier alpha value is -2.41. The number of amides is 2. The standard InChI is InChI=1S/C18H24N2O5/c1-12(13-7-5-4-6-8-13)20-10-14(9-15(20)21)16(22)19-18(2,11-25-3)17(23)24/h4-8,12,14H,9-11H2,1-3H3,(H,19,22)(H,23,24). The van der Waals surface area contributed by atoms with Gasteiger partial charge in [0.15, 0.2) is 5.54 Å². The van der Waals surface area contributed by atoms with E-state index in [-0.39, 0.29) is 31.5 Å². The summed E-state index contributed by atoms with van der Waals surface area (Å²) in [5.41, 5.74) is -0.528. The highest BCUT2D eigenvalue weighted by Crippen LogP contribution is 2.28. The molecule has 1 fully saturated rings. The number of carboxylic acids is 1. The summed E-state index contributed by atoms with van der Waals surface area (Å²) in [7, 11) is 1.37. The first-order valence-electron chi connectivity index (χ1n) is 8.17. The van der Waals surface area contributed by atoms with Gasteiger partial charge >= 0.3 is 5.97 Å². The van der Waals surface area contributed by atoms with Crippen LogP contribution in [0.3, 0.4) is 0 Å². The molecule has 0 spiro atoms. The highest BCUT2D eigenvalue weighted by molar-refractivity contribution is 5.92. The fraction of sp³-hybridized carbons (Fsp3) is 0.500. The molecule has 136 valence electrons. The quantitative estimate of drug-likeness (QED) is 0.772. The maximum Gasteiger partial charge on any atom is 0.331 e. The molecule has 3 unspecified atom stereocenters. The van der Waals surface area contributed by atoms with Gasteiger partial charge in [-0.25, -0.2) is 4.79 Å². The number of rotatable bonds is 7. The van der Waals surface area contributed by atoms with Crippen molar-refractivity contribution in [2.75, 3.05) is 20.3 Å². The van der Waals surface area contributed by atoms with Gasteiger partial charge in [-0.2, -0.15) is 0 Å². The van der Waals surface area contributed by atoms with Gasteiger partial charge in [-0.3, -0.25) is 9.59 Å². The summed E-state index contributed by atoms with van der Waals surface area (Å²) in [6, 6.07) is 9.44. The number of hydrogen-bond acceptors (Lipinski definition) is 4. The summed E-state index contributed by atoms with van der Waals surface area (Å²) in [5, 5.41) is 11.8. The maximum absolute atomic E-state index is 12.5. The highest BCUT2D eigenvalue weighted by Gasteiger charge is 2.41. The van der Waals surface area contributed by atoms with E-state index in [9.17, 15) is 19.5 Å². The molecular formula is C18H24N2O5. The van der Waals surface area contributed by atoms with Crippen LogP contribution in [0.5, 0.6) is 0 Å². The molecule has 2 rings (SSSR count). The third-order valence-electron chi connectivity index (χ3n) is 4.58. The summed E-state index contributed by atoms with van der Waals surface area (Å²) in [6.45, 7) is 3.42. The number of carbonyl (C=O) groups excluding carboxylic acids is 2. The van der Waals surface area contributed by atoms with Gasteiger partial charge in [-0.05, 0) is 19.4 Å². The molecule has 1 aliphatic rings. The lowest BCUT2D eigenvalue weighted by Crippen LogP contribution is -2.56. The molecule has 2 N–H and O–H groups in total. The maximum atomic E-state index is 12.5. The van der Waals surface area contributed by atoms with E-state index in [1.807, 2.05) is 37.3 Å². The first-order chi connectivity index (χ1) is 11.8. The number of ether oxygens (including phenoxy) is 1. The van der Waals surface area contributed by atoms with E-state index in [4.69, 9.17) is 4.74 Å². The van der Waals surface area contributed by atoms with Crippen molar-refractivity contribution in [3.05, 3.63) is 35.9 Å². The van der Waals surface area contributed by atoms with E-state index in [1.54, 1.807) is 4.90 Å².